The minimum Gasteiger partial charge on any atom is -0.211 e. The Morgan fingerprint density at radius 3 is 2.33 bits per heavy atom. The van der Waals surface area contributed by atoms with Crippen LogP contribution in [0, 0.1) is 0 Å². The Labute approximate surface area is 104 Å². The van der Waals surface area contributed by atoms with Gasteiger partial charge in [0, 0.05) is 6.42 Å². The van der Waals surface area contributed by atoms with Gasteiger partial charge in [0.05, 0.1) is 0 Å². The largest absolute Gasteiger partial charge is 0.237 e. The summed E-state index contributed by atoms with van der Waals surface area (Å²) in [5, 5.41) is 0. The molecule has 4 nitrogen and oxygen atoms in total. The van der Waals surface area contributed by atoms with Crippen LogP contribution >= 0.6 is 0 Å². The van der Waals surface area contributed by atoms with Crippen molar-refractivity contribution in [1.82, 2.24) is 0 Å². The highest BCUT2D eigenvalue weighted by Gasteiger charge is 2.28. The number of allylic oxidation sites excluding steroid dienone is 2. The second-order valence-electron chi connectivity index (χ2n) is 3.86. The van der Waals surface area contributed by atoms with Gasteiger partial charge in [-0.15, -0.1) is 0 Å². The van der Waals surface area contributed by atoms with Crippen LogP contribution in [0.1, 0.15) is 12.0 Å². The molecule has 0 aliphatic heterocycles. The van der Waals surface area contributed by atoms with E-state index in [0.717, 1.165) is 11.1 Å². The summed E-state index contributed by atoms with van der Waals surface area (Å²) in [6.45, 7) is 0. The average molecular weight is 238 g/mol. The summed E-state index contributed by atoms with van der Waals surface area (Å²) in [6.07, 6.45) is 8.69. The molecule has 2 rings (SSSR count). The van der Waals surface area contributed by atoms with E-state index in [4.69, 9.17) is 0 Å². The molecule has 1 aliphatic rings. The number of rotatable bonds is 3. The maximum atomic E-state index is 10.5. The second kappa shape index (κ2) is 5.19. The monoisotopic (exact) mass is 238 g/mol. The molecule has 0 N–H and O–H groups in total. The molecular weight excluding hydrogens is 228 g/mol. The van der Waals surface area contributed by atoms with Gasteiger partial charge in [0.25, 0.3) is 0 Å². The summed E-state index contributed by atoms with van der Waals surface area (Å²) < 4.78 is 0. The number of hydrogen-bond donors (Lipinski definition) is 0. The molecular formula is C14H10N2O2. The lowest BCUT2D eigenvalue weighted by atomic mass is 9.93. The number of aliphatic imine (C=N–C) groups is 2. The Kier molecular flexibility index (Phi) is 3.44. The van der Waals surface area contributed by atoms with Gasteiger partial charge in [-0.2, -0.15) is 9.98 Å². The average Bonchev–Trinajstić information content (AvgIpc) is 2.40. The molecule has 4 heteroatoms. The van der Waals surface area contributed by atoms with E-state index < -0.39 is 5.66 Å². The van der Waals surface area contributed by atoms with Gasteiger partial charge in [0.15, 0.2) is 5.66 Å². The molecule has 0 saturated heterocycles. The van der Waals surface area contributed by atoms with E-state index >= 15 is 0 Å². The SMILES string of the molecule is O=C=NC1(N=C=O)C=C(c2ccccc2)C=CC1. The molecule has 0 spiro atoms. The Bertz CT molecular complexity index is 571. The summed E-state index contributed by atoms with van der Waals surface area (Å²) in [7, 11) is 0. The van der Waals surface area contributed by atoms with Crippen LogP contribution in [0.2, 0.25) is 0 Å². The maximum absolute atomic E-state index is 10.5. The van der Waals surface area contributed by atoms with Crippen LogP contribution in [0.5, 0.6) is 0 Å². The maximum Gasteiger partial charge on any atom is 0.237 e. The lowest BCUT2D eigenvalue weighted by Crippen LogP contribution is -2.22. The minimum atomic E-state index is -1.19. The zero-order valence-corrected chi connectivity index (χ0v) is 9.54. The van der Waals surface area contributed by atoms with Gasteiger partial charge in [-0.05, 0) is 17.2 Å². The van der Waals surface area contributed by atoms with Crippen LogP contribution in [0.15, 0.2) is 58.5 Å². The summed E-state index contributed by atoms with van der Waals surface area (Å²) in [5.74, 6) is 0. The van der Waals surface area contributed by atoms with Crippen LogP contribution in [0.4, 0.5) is 0 Å². The molecule has 1 aromatic carbocycles. The number of benzene rings is 1. The molecule has 0 bridgehead atoms. The van der Waals surface area contributed by atoms with Crippen molar-refractivity contribution in [2.45, 2.75) is 12.1 Å². The van der Waals surface area contributed by atoms with E-state index in [-0.39, 0.29) is 0 Å². The van der Waals surface area contributed by atoms with Crippen molar-refractivity contribution < 1.29 is 9.59 Å². The quantitative estimate of drug-likeness (QED) is 0.599. The molecule has 1 aliphatic carbocycles. The van der Waals surface area contributed by atoms with Crippen molar-refractivity contribution in [3.63, 3.8) is 0 Å². The van der Waals surface area contributed by atoms with E-state index in [1.165, 1.54) is 12.2 Å². The number of nitrogens with zero attached hydrogens (tertiary/aromatic N) is 2. The lowest BCUT2D eigenvalue weighted by molar-refractivity contribution is 0.515. The highest BCUT2D eigenvalue weighted by Crippen LogP contribution is 2.30. The Morgan fingerprint density at radius 2 is 1.72 bits per heavy atom. The van der Waals surface area contributed by atoms with Crippen LogP contribution in [-0.2, 0) is 9.59 Å². The Morgan fingerprint density at radius 1 is 1.06 bits per heavy atom. The smallest absolute Gasteiger partial charge is 0.211 e. The highest BCUT2D eigenvalue weighted by atomic mass is 16.1. The Hall–Kier alpha value is -2.54. The van der Waals surface area contributed by atoms with E-state index in [1.54, 1.807) is 6.08 Å². The van der Waals surface area contributed by atoms with Crippen molar-refractivity contribution in [2.75, 3.05) is 0 Å². The normalized spacial score (nSPS) is 21.4. The second-order valence-corrected chi connectivity index (χ2v) is 3.86. The molecule has 0 unspecified atom stereocenters. The molecule has 0 atom stereocenters. The molecule has 18 heavy (non-hydrogen) atoms. The summed E-state index contributed by atoms with van der Waals surface area (Å²) in [4.78, 5) is 28.2. The van der Waals surface area contributed by atoms with Gasteiger partial charge in [-0.1, -0.05) is 42.5 Å². The van der Waals surface area contributed by atoms with Gasteiger partial charge in [-0.25, -0.2) is 9.59 Å². The molecule has 0 saturated carbocycles. The molecule has 0 amide bonds. The first kappa shape index (κ1) is 11.9. The third kappa shape index (κ3) is 2.41. The van der Waals surface area contributed by atoms with Crippen molar-refractivity contribution in [1.29, 1.82) is 0 Å². The summed E-state index contributed by atoms with van der Waals surface area (Å²) >= 11 is 0. The molecule has 1 aromatic rings. The van der Waals surface area contributed by atoms with Gasteiger partial charge < -0.3 is 0 Å². The third-order valence-electron chi connectivity index (χ3n) is 2.69. The van der Waals surface area contributed by atoms with Crippen LogP contribution in [-0.4, -0.2) is 17.8 Å². The first-order chi connectivity index (χ1) is 8.79. The standard InChI is InChI=1S/C14H10N2O2/c17-10-15-14(16-11-18)8-4-7-13(9-14)12-5-2-1-3-6-12/h1-7,9H,8H2. The van der Waals surface area contributed by atoms with Gasteiger partial charge in [0.2, 0.25) is 12.2 Å². The summed E-state index contributed by atoms with van der Waals surface area (Å²) in [5.41, 5.74) is 0.642. The van der Waals surface area contributed by atoms with Gasteiger partial charge in [-0.3, -0.25) is 0 Å². The lowest BCUT2D eigenvalue weighted by Gasteiger charge is -2.21. The predicted molar refractivity (Wildman–Crippen MR) is 67.2 cm³/mol. The highest BCUT2D eigenvalue weighted by molar-refractivity contribution is 5.76. The topological polar surface area (TPSA) is 58.9 Å². The number of isocyanates is 2. The van der Waals surface area contributed by atoms with Crippen molar-refractivity contribution in [3.05, 3.63) is 54.1 Å². The van der Waals surface area contributed by atoms with E-state index in [2.05, 4.69) is 9.98 Å². The zero-order chi connectivity index (χ0) is 12.8. The van der Waals surface area contributed by atoms with Crippen molar-refractivity contribution >= 4 is 17.7 Å². The molecule has 0 radical (unpaired) electrons. The van der Waals surface area contributed by atoms with Crippen molar-refractivity contribution in [3.8, 4) is 0 Å². The molecule has 0 fully saturated rings. The molecule has 88 valence electrons. The predicted octanol–water partition coefficient (Wildman–Crippen LogP) is 2.40. The summed E-state index contributed by atoms with van der Waals surface area (Å²) in [6, 6.07) is 9.60. The molecule has 0 aromatic heterocycles. The fraction of sp³-hybridized carbons (Fsp3) is 0.143. The van der Waals surface area contributed by atoms with Crippen LogP contribution in [0.3, 0.4) is 0 Å². The van der Waals surface area contributed by atoms with Gasteiger partial charge >= 0.3 is 0 Å². The number of hydrogen-bond acceptors (Lipinski definition) is 4. The minimum absolute atomic E-state index is 0.355. The molecule has 0 heterocycles. The third-order valence-corrected chi connectivity index (χ3v) is 2.69. The Balaban J connectivity index is 2.49. The van der Waals surface area contributed by atoms with Crippen LogP contribution < -0.4 is 0 Å². The fourth-order valence-electron chi connectivity index (χ4n) is 1.86. The van der Waals surface area contributed by atoms with E-state index in [1.807, 2.05) is 42.5 Å². The number of carbonyl (C=O) groups excluding carboxylic acids is 2. The van der Waals surface area contributed by atoms with E-state index in [9.17, 15) is 9.59 Å². The fourth-order valence-corrected chi connectivity index (χ4v) is 1.86. The zero-order valence-electron chi connectivity index (χ0n) is 9.54. The van der Waals surface area contributed by atoms with Gasteiger partial charge in [0.1, 0.15) is 0 Å². The van der Waals surface area contributed by atoms with E-state index in [0.29, 0.717) is 6.42 Å². The van der Waals surface area contributed by atoms with Crippen molar-refractivity contribution in [2.24, 2.45) is 9.98 Å². The first-order valence-electron chi connectivity index (χ1n) is 5.42. The first-order valence-corrected chi connectivity index (χ1v) is 5.42. The van der Waals surface area contributed by atoms with Crippen LogP contribution in [0.25, 0.3) is 5.57 Å².